The highest BCUT2D eigenvalue weighted by Crippen LogP contribution is 2.21. The van der Waals surface area contributed by atoms with E-state index in [1.54, 1.807) is 0 Å². The number of aliphatic imine (C=N–C) groups is 1. The molecule has 0 saturated carbocycles. The van der Waals surface area contributed by atoms with Gasteiger partial charge in [0.1, 0.15) is 18.1 Å². The summed E-state index contributed by atoms with van der Waals surface area (Å²) in [5.41, 5.74) is 16.3. The van der Waals surface area contributed by atoms with Crippen molar-refractivity contribution in [3.05, 3.63) is 0 Å². The van der Waals surface area contributed by atoms with Crippen molar-refractivity contribution in [3.63, 3.8) is 0 Å². The van der Waals surface area contributed by atoms with Crippen LogP contribution in [0.25, 0.3) is 0 Å². The van der Waals surface area contributed by atoms with Crippen LogP contribution < -0.4 is 27.8 Å². The largest absolute Gasteiger partial charge is 0.480 e. The van der Waals surface area contributed by atoms with Crippen LogP contribution in [0.1, 0.15) is 52.9 Å². The van der Waals surface area contributed by atoms with Crippen molar-refractivity contribution >= 4 is 29.7 Å². The zero-order valence-electron chi connectivity index (χ0n) is 19.0. The molecule has 1 fully saturated rings. The van der Waals surface area contributed by atoms with E-state index in [2.05, 4.69) is 15.6 Å². The molecule has 1 aliphatic heterocycles. The number of carboxylic acid groups (broad SMARTS) is 1. The standard InChI is InChI=1S/C20H37N7O5/c1-4-11(2)15(18(30)27-10-6-8-14(27)19(31)32)26-16(28)12(3)25-17(29)13(21)7-5-9-24-20(22)23/h11-15H,4-10,21H2,1-3H3,(H,25,29)(H,26,28)(H,31,32)(H4,22,23,24). The molecular weight excluding hydrogens is 418 g/mol. The van der Waals surface area contributed by atoms with Gasteiger partial charge in [-0.3, -0.25) is 19.4 Å². The Morgan fingerprint density at radius 1 is 1.16 bits per heavy atom. The Hall–Kier alpha value is -2.89. The van der Waals surface area contributed by atoms with E-state index >= 15 is 0 Å². The number of amides is 3. The lowest BCUT2D eigenvalue weighted by Crippen LogP contribution is -2.58. The molecule has 0 spiro atoms. The Morgan fingerprint density at radius 3 is 2.38 bits per heavy atom. The van der Waals surface area contributed by atoms with Crippen LogP contribution in [0, 0.1) is 5.92 Å². The van der Waals surface area contributed by atoms with Crippen molar-refractivity contribution in [1.29, 1.82) is 0 Å². The molecule has 9 N–H and O–H groups in total. The molecule has 5 atom stereocenters. The maximum atomic E-state index is 13.1. The van der Waals surface area contributed by atoms with E-state index < -0.39 is 47.9 Å². The zero-order chi connectivity index (χ0) is 24.4. The summed E-state index contributed by atoms with van der Waals surface area (Å²) in [5.74, 6) is -2.79. The number of hydrogen-bond acceptors (Lipinski definition) is 6. The fourth-order valence-corrected chi connectivity index (χ4v) is 3.46. The predicted molar refractivity (Wildman–Crippen MR) is 119 cm³/mol. The van der Waals surface area contributed by atoms with Crippen LogP contribution in [0.2, 0.25) is 0 Å². The number of carboxylic acids is 1. The molecule has 0 aliphatic carbocycles. The maximum Gasteiger partial charge on any atom is 0.326 e. The summed E-state index contributed by atoms with van der Waals surface area (Å²) in [7, 11) is 0. The van der Waals surface area contributed by atoms with Crippen molar-refractivity contribution in [2.45, 2.75) is 77.0 Å². The third-order valence-electron chi connectivity index (χ3n) is 5.65. The molecule has 12 heteroatoms. The molecule has 0 radical (unpaired) electrons. The summed E-state index contributed by atoms with van der Waals surface area (Å²) in [6, 6.07) is -3.55. The Labute approximate surface area is 188 Å². The van der Waals surface area contributed by atoms with Gasteiger partial charge in [0.15, 0.2) is 5.96 Å². The van der Waals surface area contributed by atoms with Crippen LogP contribution in [0.5, 0.6) is 0 Å². The SMILES string of the molecule is CCC(C)C(NC(=O)C(C)NC(=O)C(N)CCCN=C(N)N)C(=O)N1CCCC1C(=O)O. The predicted octanol–water partition coefficient (Wildman–Crippen LogP) is -1.52. The monoisotopic (exact) mass is 455 g/mol. The minimum Gasteiger partial charge on any atom is -0.480 e. The van der Waals surface area contributed by atoms with Crippen LogP contribution >= 0.6 is 0 Å². The van der Waals surface area contributed by atoms with Crippen molar-refractivity contribution in [1.82, 2.24) is 15.5 Å². The van der Waals surface area contributed by atoms with Crippen LogP contribution in [0.3, 0.4) is 0 Å². The van der Waals surface area contributed by atoms with Gasteiger partial charge < -0.3 is 37.8 Å². The lowest BCUT2D eigenvalue weighted by atomic mass is 9.97. The van der Waals surface area contributed by atoms with Crippen molar-refractivity contribution in [2.75, 3.05) is 13.1 Å². The van der Waals surface area contributed by atoms with E-state index in [0.717, 1.165) is 0 Å². The van der Waals surface area contributed by atoms with Crippen LogP contribution in [-0.4, -0.2) is 76.9 Å². The second kappa shape index (κ2) is 12.8. The third-order valence-corrected chi connectivity index (χ3v) is 5.65. The summed E-state index contributed by atoms with van der Waals surface area (Å²) >= 11 is 0. The van der Waals surface area contributed by atoms with Crippen molar-refractivity contribution in [3.8, 4) is 0 Å². The second-order valence-electron chi connectivity index (χ2n) is 8.19. The number of hydrogen-bond donors (Lipinski definition) is 6. The zero-order valence-corrected chi connectivity index (χ0v) is 19.0. The number of nitrogens with zero attached hydrogens (tertiary/aromatic N) is 2. The first-order valence-corrected chi connectivity index (χ1v) is 10.9. The molecule has 32 heavy (non-hydrogen) atoms. The smallest absolute Gasteiger partial charge is 0.326 e. The average Bonchev–Trinajstić information content (AvgIpc) is 3.23. The Bertz CT molecular complexity index is 710. The lowest BCUT2D eigenvalue weighted by Gasteiger charge is -2.31. The van der Waals surface area contributed by atoms with Crippen LogP contribution in [0.15, 0.2) is 4.99 Å². The third kappa shape index (κ3) is 7.98. The quantitative estimate of drug-likeness (QED) is 0.115. The first-order chi connectivity index (χ1) is 15.0. The van der Waals surface area contributed by atoms with Gasteiger partial charge in [0.25, 0.3) is 0 Å². The molecule has 182 valence electrons. The number of nitrogens with two attached hydrogens (primary N) is 3. The van der Waals surface area contributed by atoms with Crippen LogP contribution in [0.4, 0.5) is 0 Å². The summed E-state index contributed by atoms with van der Waals surface area (Å²) in [6.45, 7) is 5.85. The maximum absolute atomic E-state index is 13.1. The van der Waals surface area contributed by atoms with Gasteiger partial charge in [-0.05, 0) is 38.5 Å². The van der Waals surface area contributed by atoms with Gasteiger partial charge in [0, 0.05) is 13.1 Å². The normalized spacial score (nSPS) is 19.4. The summed E-state index contributed by atoms with van der Waals surface area (Å²) in [6.07, 6.45) is 2.41. The molecule has 0 aromatic heterocycles. The Balaban J connectivity index is 2.71. The number of rotatable bonds is 12. The number of carbonyl (C=O) groups is 4. The highest BCUT2D eigenvalue weighted by atomic mass is 16.4. The fourth-order valence-electron chi connectivity index (χ4n) is 3.46. The molecule has 1 aliphatic rings. The number of nitrogens with one attached hydrogen (secondary N) is 2. The number of carbonyl (C=O) groups excluding carboxylic acids is 3. The van der Waals surface area contributed by atoms with Gasteiger partial charge in [-0.25, -0.2) is 4.79 Å². The first-order valence-electron chi connectivity index (χ1n) is 10.9. The summed E-state index contributed by atoms with van der Waals surface area (Å²) in [4.78, 5) is 54.6. The highest BCUT2D eigenvalue weighted by Gasteiger charge is 2.39. The molecular formula is C20H37N7O5. The molecule has 3 amide bonds. The molecule has 0 aromatic carbocycles. The van der Waals surface area contributed by atoms with E-state index in [1.807, 2.05) is 13.8 Å². The van der Waals surface area contributed by atoms with Gasteiger partial charge >= 0.3 is 5.97 Å². The number of guanidine groups is 1. The van der Waals surface area contributed by atoms with E-state index in [9.17, 15) is 24.3 Å². The fraction of sp³-hybridized carbons (Fsp3) is 0.750. The van der Waals surface area contributed by atoms with E-state index in [-0.39, 0.29) is 11.9 Å². The van der Waals surface area contributed by atoms with Crippen LogP contribution in [-0.2, 0) is 19.2 Å². The minimum atomic E-state index is -1.06. The first kappa shape index (κ1) is 27.1. The summed E-state index contributed by atoms with van der Waals surface area (Å²) in [5, 5.41) is 14.6. The van der Waals surface area contributed by atoms with Gasteiger partial charge in [0.2, 0.25) is 17.7 Å². The van der Waals surface area contributed by atoms with Gasteiger partial charge in [-0.1, -0.05) is 20.3 Å². The number of likely N-dealkylation sites (tertiary alicyclic amines) is 1. The Morgan fingerprint density at radius 2 is 1.81 bits per heavy atom. The molecule has 5 unspecified atom stereocenters. The molecule has 0 bridgehead atoms. The average molecular weight is 456 g/mol. The second-order valence-corrected chi connectivity index (χ2v) is 8.19. The lowest BCUT2D eigenvalue weighted by molar-refractivity contribution is -0.150. The van der Waals surface area contributed by atoms with Gasteiger partial charge in [0.05, 0.1) is 6.04 Å². The minimum absolute atomic E-state index is 0.0395. The van der Waals surface area contributed by atoms with Crippen molar-refractivity contribution < 1.29 is 24.3 Å². The van der Waals surface area contributed by atoms with Gasteiger partial charge in [-0.15, -0.1) is 0 Å². The van der Waals surface area contributed by atoms with E-state index in [1.165, 1.54) is 11.8 Å². The molecule has 1 heterocycles. The van der Waals surface area contributed by atoms with E-state index in [0.29, 0.717) is 45.2 Å². The van der Waals surface area contributed by atoms with Crippen molar-refractivity contribution in [2.24, 2.45) is 28.1 Å². The number of aliphatic carboxylic acids is 1. The van der Waals surface area contributed by atoms with Gasteiger partial charge in [-0.2, -0.15) is 0 Å². The molecule has 12 nitrogen and oxygen atoms in total. The molecule has 0 aromatic rings. The Kier molecular flexibility index (Phi) is 10.9. The van der Waals surface area contributed by atoms with E-state index in [4.69, 9.17) is 17.2 Å². The summed E-state index contributed by atoms with van der Waals surface area (Å²) < 4.78 is 0. The topological polar surface area (TPSA) is 206 Å². The molecule has 1 saturated heterocycles. The molecule has 1 rings (SSSR count). The highest BCUT2D eigenvalue weighted by molar-refractivity contribution is 5.94.